The van der Waals surface area contributed by atoms with E-state index in [0.717, 1.165) is 30.1 Å². The third kappa shape index (κ3) is 1.99. The topological polar surface area (TPSA) is 45.2 Å². The first-order valence-corrected chi connectivity index (χ1v) is 6.24. The van der Waals surface area contributed by atoms with Gasteiger partial charge >= 0.3 is 6.03 Å². The molecule has 4 nitrogen and oxygen atoms in total. The Morgan fingerprint density at radius 1 is 1.59 bits per heavy atom. The van der Waals surface area contributed by atoms with E-state index in [1.54, 1.807) is 12.4 Å². The van der Waals surface area contributed by atoms with Crippen molar-refractivity contribution in [2.75, 3.05) is 11.9 Å². The fourth-order valence-corrected chi connectivity index (χ4v) is 2.65. The molecule has 0 radical (unpaired) electrons. The minimum absolute atomic E-state index is 0.0355. The van der Waals surface area contributed by atoms with Crippen LogP contribution in [0.4, 0.5) is 10.5 Å². The maximum Gasteiger partial charge on any atom is 0.322 e. The van der Waals surface area contributed by atoms with Crippen LogP contribution < -0.4 is 5.32 Å². The lowest BCUT2D eigenvalue weighted by molar-refractivity contribution is 0.195. The fraction of sp³-hybridized carbons (Fsp3) is 0.538. The van der Waals surface area contributed by atoms with Crippen LogP contribution in [0.1, 0.15) is 24.8 Å². The molecule has 17 heavy (non-hydrogen) atoms. The van der Waals surface area contributed by atoms with E-state index in [9.17, 15) is 4.79 Å². The highest BCUT2D eigenvalue weighted by molar-refractivity contribution is 5.90. The number of anilines is 1. The number of likely N-dealkylation sites (tertiary alicyclic amines) is 1. The zero-order valence-corrected chi connectivity index (χ0v) is 10.0. The number of piperidine rings is 1. The molecule has 2 atom stereocenters. The highest BCUT2D eigenvalue weighted by Crippen LogP contribution is 2.43. The molecule has 0 aromatic carbocycles. The van der Waals surface area contributed by atoms with E-state index in [1.165, 1.54) is 12.8 Å². The number of aryl methyl sites for hydroxylation is 1. The Balaban J connectivity index is 1.69. The summed E-state index contributed by atoms with van der Waals surface area (Å²) in [5.41, 5.74) is 1.87. The Hall–Kier alpha value is -1.58. The number of hydrogen-bond donors (Lipinski definition) is 1. The van der Waals surface area contributed by atoms with Gasteiger partial charge in [-0.15, -0.1) is 0 Å². The van der Waals surface area contributed by atoms with Crippen LogP contribution in [-0.2, 0) is 0 Å². The van der Waals surface area contributed by atoms with Gasteiger partial charge in [0.25, 0.3) is 0 Å². The SMILES string of the molecule is Cc1ccncc1NC(=O)N1CCCC2CC21. The number of urea groups is 1. The summed E-state index contributed by atoms with van der Waals surface area (Å²) < 4.78 is 0. The maximum absolute atomic E-state index is 12.1. The first-order valence-electron chi connectivity index (χ1n) is 6.24. The van der Waals surface area contributed by atoms with E-state index >= 15 is 0 Å². The number of carbonyl (C=O) groups is 1. The van der Waals surface area contributed by atoms with Crippen LogP contribution in [0.25, 0.3) is 0 Å². The van der Waals surface area contributed by atoms with Crippen LogP contribution in [0.2, 0.25) is 0 Å². The third-order valence-corrected chi connectivity index (χ3v) is 3.80. The van der Waals surface area contributed by atoms with Gasteiger partial charge in [-0.05, 0) is 43.7 Å². The zero-order valence-electron chi connectivity index (χ0n) is 10.0. The Labute approximate surface area is 101 Å². The molecule has 90 valence electrons. The Morgan fingerprint density at radius 3 is 3.29 bits per heavy atom. The highest BCUT2D eigenvalue weighted by Gasteiger charge is 2.45. The number of fused-ring (bicyclic) bond motifs is 1. The largest absolute Gasteiger partial charge is 0.322 e. The van der Waals surface area contributed by atoms with Crippen molar-refractivity contribution in [1.29, 1.82) is 0 Å². The number of carbonyl (C=O) groups excluding carboxylic acids is 1. The van der Waals surface area contributed by atoms with Crippen molar-refractivity contribution in [2.24, 2.45) is 5.92 Å². The van der Waals surface area contributed by atoms with Crippen molar-refractivity contribution < 1.29 is 4.79 Å². The van der Waals surface area contributed by atoms with Gasteiger partial charge in [-0.1, -0.05) is 0 Å². The first-order chi connectivity index (χ1) is 8.25. The van der Waals surface area contributed by atoms with Crippen LogP contribution in [0.15, 0.2) is 18.5 Å². The molecule has 1 N–H and O–H groups in total. The fourth-order valence-electron chi connectivity index (χ4n) is 2.65. The van der Waals surface area contributed by atoms with Gasteiger partial charge in [-0.3, -0.25) is 4.98 Å². The molecule has 4 heteroatoms. The number of amides is 2. The second-order valence-electron chi connectivity index (χ2n) is 5.02. The lowest BCUT2D eigenvalue weighted by atomic mass is 10.1. The summed E-state index contributed by atoms with van der Waals surface area (Å²) in [7, 11) is 0. The average molecular weight is 231 g/mol. The van der Waals surface area contributed by atoms with Gasteiger partial charge in [-0.25, -0.2) is 4.79 Å². The van der Waals surface area contributed by atoms with E-state index in [1.807, 2.05) is 17.9 Å². The van der Waals surface area contributed by atoms with Crippen molar-refractivity contribution in [2.45, 2.75) is 32.2 Å². The minimum Gasteiger partial charge on any atom is -0.321 e. The Bertz CT molecular complexity index is 446. The lowest BCUT2D eigenvalue weighted by Crippen LogP contribution is -2.40. The van der Waals surface area contributed by atoms with Crippen LogP contribution in [0, 0.1) is 12.8 Å². The number of rotatable bonds is 1. The summed E-state index contributed by atoms with van der Waals surface area (Å²) in [6, 6.07) is 2.44. The summed E-state index contributed by atoms with van der Waals surface area (Å²) in [6.07, 6.45) is 7.07. The molecule has 1 aromatic rings. The molecule has 0 spiro atoms. The van der Waals surface area contributed by atoms with Crippen LogP contribution in [-0.4, -0.2) is 28.5 Å². The van der Waals surface area contributed by atoms with E-state index in [-0.39, 0.29) is 6.03 Å². The van der Waals surface area contributed by atoms with Crippen molar-refractivity contribution in [3.63, 3.8) is 0 Å². The molecule has 1 saturated carbocycles. The number of nitrogens with one attached hydrogen (secondary N) is 1. The molecular weight excluding hydrogens is 214 g/mol. The molecule has 2 heterocycles. The summed E-state index contributed by atoms with van der Waals surface area (Å²) in [5, 5.41) is 2.96. The second kappa shape index (κ2) is 4.02. The lowest BCUT2D eigenvalue weighted by Gasteiger charge is -2.27. The monoisotopic (exact) mass is 231 g/mol. The summed E-state index contributed by atoms with van der Waals surface area (Å²) in [5.74, 6) is 0.768. The summed E-state index contributed by atoms with van der Waals surface area (Å²) in [6.45, 7) is 2.87. The quantitative estimate of drug-likeness (QED) is 0.806. The van der Waals surface area contributed by atoms with Crippen molar-refractivity contribution in [3.8, 4) is 0 Å². The predicted molar refractivity (Wildman–Crippen MR) is 65.8 cm³/mol. The van der Waals surface area contributed by atoms with Gasteiger partial charge in [0.05, 0.1) is 11.9 Å². The molecule has 3 rings (SSSR count). The smallest absolute Gasteiger partial charge is 0.321 e. The van der Waals surface area contributed by atoms with Crippen LogP contribution in [0.3, 0.4) is 0 Å². The summed E-state index contributed by atoms with van der Waals surface area (Å²) >= 11 is 0. The van der Waals surface area contributed by atoms with Crippen molar-refractivity contribution >= 4 is 11.7 Å². The standard InChI is InChI=1S/C13H17N3O/c1-9-4-5-14-8-11(9)15-13(17)16-6-2-3-10-7-12(10)16/h4-5,8,10,12H,2-3,6-7H2,1H3,(H,15,17). The third-order valence-electron chi connectivity index (χ3n) is 3.80. The number of pyridine rings is 1. The molecule has 1 aliphatic heterocycles. The Kier molecular flexibility index (Phi) is 2.50. The van der Waals surface area contributed by atoms with Gasteiger partial charge in [0, 0.05) is 18.8 Å². The van der Waals surface area contributed by atoms with Crippen LogP contribution >= 0.6 is 0 Å². The van der Waals surface area contributed by atoms with Crippen molar-refractivity contribution in [3.05, 3.63) is 24.0 Å². The van der Waals surface area contributed by atoms with Gasteiger partial charge in [-0.2, -0.15) is 0 Å². The molecule has 0 bridgehead atoms. The first kappa shape index (κ1) is 10.6. The minimum atomic E-state index is 0.0355. The molecule has 2 unspecified atom stereocenters. The van der Waals surface area contributed by atoms with Gasteiger partial charge in [0.1, 0.15) is 0 Å². The maximum atomic E-state index is 12.1. The average Bonchev–Trinajstić information content (AvgIpc) is 3.10. The van der Waals surface area contributed by atoms with E-state index in [2.05, 4.69) is 10.3 Å². The predicted octanol–water partition coefficient (Wildman–Crippen LogP) is 2.41. The van der Waals surface area contributed by atoms with Gasteiger partial charge in [0.15, 0.2) is 0 Å². The molecule has 2 fully saturated rings. The molecular formula is C13H17N3O. The van der Waals surface area contributed by atoms with Gasteiger partial charge in [0.2, 0.25) is 0 Å². The summed E-state index contributed by atoms with van der Waals surface area (Å²) in [4.78, 5) is 18.2. The number of nitrogens with zero attached hydrogens (tertiary/aromatic N) is 2. The van der Waals surface area contributed by atoms with E-state index in [4.69, 9.17) is 0 Å². The van der Waals surface area contributed by atoms with E-state index in [0.29, 0.717) is 6.04 Å². The number of hydrogen-bond acceptors (Lipinski definition) is 2. The molecule has 1 aliphatic carbocycles. The second-order valence-corrected chi connectivity index (χ2v) is 5.02. The molecule has 1 saturated heterocycles. The zero-order chi connectivity index (χ0) is 11.8. The molecule has 2 amide bonds. The molecule has 2 aliphatic rings. The van der Waals surface area contributed by atoms with Crippen molar-refractivity contribution in [1.82, 2.24) is 9.88 Å². The van der Waals surface area contributed by atoms with E-state index < -0.39 is 0 Å². The van der Waals surface area contributed by atoms with Crippen LogP contribution in [0.5, 0.6) is 0 Å². The molecule has 1 aromatic heterocycles. The normalized spacial score (nSPS) is 26.3. The van der Waals surface area contributed by atoms with Gasteiger partial charge < -0.3 is 10.2 Å². The highest BCUT2D eigenvalue weighted by atomic mass is 16.2. The Morgan fingerprint density at radius 2 is 2.47 bits per heavy atom. The number of aromatic nitrogens is 1.